The molecule has 2 rings (SSSR count). The van der Waals surface area contributed by atoms with E-state index in [0.29, 0.717) is 5.78 Å². The lowest BCUT2D eigenvalue weighted by Crippen LogP contribution is -2.19. The summed E-state index contributed by atoms with van der Waals surface area (Å²) in [6.07, 6.45) is 3.86. The standard InChI is InChI=1S/C12H14O.C3H8.CH4/c1-2-10-11-6-4-3-5-9(11)7-8-12(10)13;1-3-2;/h3-6,10H,2,7-8H2,1H3;3H2,1-2H3;1H4. The number of hydrogen-bond donors (Lipinski definition) is 0. The molecule has 0 spiro atoms. The van der Waals surface area contributed by atoms with Gasteiger partial charge in [-0.15, -0.1) is 0 Å². The summed E-state index contributed by atoms with van der Waals surface area (Å²) in [7, 11) is 0. The fourth-order valence-corrected chi connectivity index (χ4v) is 2.15. The van der Waals surface area contributed by atoms with Crippen molar-refractivity contribution in [2.75, 3.05) is 0 Å². The predicted molar refractivity (Wildman–Crippen MR) is 75.5 cm³/mol. The third-order valence-electron chi connectivity index (χ3n) is 2.87. The predicted octanol–water partition coefficient (Wildman–Crippen LogP) is 4.75. The first-order chi connectivity index (χ1) is 7.74. The SMILES string of the molecule is C.CCC.CCC1C(=O)CCc2ccccc21. The van der Waals surface area contributed by atoms with Gasteiger partial charge in [0.25, 0.3) is 0 Å². The van der Waals surface area contributed by atoms with Crippen LogP contribution in [0.2, 0.25) is 0 Å². The van der Waals surface area contributed by atoms with Gasteiger partial charge in [-0.1, -0.05) is 58.9 Å². The molecule has 0 heterocycles. The number of carbonyl (C=O) groups excluding carboxylic acids is 1. The molecule has 17 heavy (non-hydrogen) atoms. The summed E-state index contributed by atoms with van der Waals surface area (Å²) in [4.78, 5) is 11.6. The first-order valence-electron chi connectivity index (χ1n) is 6.35. The second-order valence-electron chi connectivity index (χ2n) is 4.33. The van der Waals surface area contributed by atoms with Gasteiger partial charge in [-0.25, -0.2) is 0 Å². The van der Waals surface area contributed by atoms with Crippen molar-refractivity contribution in [3.63, 3.8) is 0 Å². The Bertz CT molecular complexity index is 341. The van der Waals surface area contributed by atoms with E-state index in [0.717, 1.165) is 19.3 Å². The van der Waals surface area contributed by atoms with Crippen LogP contribution >= 0.6 is 0 Å². The van der Waals surface area contributed by atoms with Crippen LogP contribution in [0.1, 0.15) is 64.5 Å². The molecule has 0 saturated heterocycles. The van der Waals surface area contributed by atoms with Crippen molar-refractivity contribution in [3.8, 4) is 0 Å². The number of fused-ring (bicyclic) bond motifs is 1. The lowest BCUT2D eigenvalue weighted by atomic mass is 9.80. The molecule has 0 N–H and O–H groups in total. The number of rotatable bonds is 1. The highest BCUT2D eigenvalue weighted by Crippen LogP contribution is 2.30. The van der Waals surface area contributed by atoms with E-state index in [1.54, 1.807) is 0 Å². The third kappa shape index (κ3) is 3.99. The number of carbonyl (C=O) groups is 1. The fraction of sp³-hybridized carbons (Fsp3) is 0.562. The summed E-state index contributed by atoms with van der Waals surface area (Å²) in [5.74, 6) is 0.589. The van der Waals surface area contributed by atoms with Gasteiger partial charge < -0.3 is 0 Å². The minimum absolute atomic E-state index is 0. The van der Waals surface area contributed by atoms with Gasteiger partial charge in [0.2, 0.25) is 0 Å². The van der Waals surface area contributed by atoms with Crippen molar-refractivity contribution in [2.45, 2.75) is 59.8 Å². The second kappa shape index (κ2) is 8.05. The quantitative estimate of drug-likeness (QED) is 0.685. The van der Waals surface area contributed by atoms with Crippen LogP contribution in [0.15, 0.2) is 24.3 Å². The van der Waals surface area contributed by atoms with Crippen LogP contribution in [0.4, 0.5) is 0 Å². The smallest absolute Gasteiger partial charge is 0.140 e. The molecule has 1 aliphatic rings. The normalized spacial score (nSPS) is 17.4. The number of ketones is 1. The molecule has 1 aromatic rings. The Kier molecular flexibility index (Phi) is 7.53. The van der Waals surface area contributed by atoms with Crippen molar-refractivity contribution >= 4 is 5.78 Å². The van der Waals surface area contributed by atoms with E-state index in [1.807, 2.05) is 6.07 Å². The molecule has 0 fully saturated rings. The first kappa shape index (κ1) is 15.9. The van der Waals surface area contributed by atoms with E-state index >= 15 is 0 Å². The van der Waals surface area contributed by atoms with Gasteiger partial charge in [-0.3, -0.25) is 4.79 Å². The highest BCUT2D eigenvalue weighted by molar-refractivity contribution is 5.87. The summed E-state index contributed by atoms with van der Waals surface area (Å²) in [6.45, 7) is 6.34. The van der Waals surface area contributed by atoms with Crippen molar-refractivity contribution in [1.82, 2.24) is 0 Å². The highest BCUT2D eigenvalue weighted by Gasteiger charge is 2.24. The van der Waals surface area contributed by atoms with Crippen molar-refractivity contribution in [3.05, 3.63) is 35.4 Å². The van der Waals surface area contributed by atoms with Gasteiger partial charge in [0.05, 0.1) is 0 Å². The largest absolute Gasteiger partial charge is 0.299 e. The molecule has 1 unspecified atom stereocenters. The van der Waals surface area contributed by atoms with Crippen LogP contribution in [0, 0.1) is 0 Å². The average molecular weight is 234 g/mol. The Balaban J connectivity index is 0.000000583. The maximum Gasteiger partial charge on any atom is 0.140 e. The minimum atomic E-state index is 0. The fourth-order valence-electron chi connectivity index (χ4n) is 2.15. The molecule has 1 heteroatoms. The van der Waals surface area contributed by atoms with E-state index in [4.69, 9.17) is 0 Å². The molecule has 1 aromatic carbocycles. The van der Waals surface area contributed by atoms with Crippen molar-refractivity contribution in [1.29, 1.82) is 0 Å². The maximum atomic E-state index is 11.6. The van der Waals surface area contributed by atoms with Crippen LogP contribution in [0.3, 0.4) is 0 Å². The molecule has 0 bridgehead atoms. The lowest BCUT2D eigenvalue weighted by Gasteiger charge is -2.22. The summed E-state index contributed by atoms with van der Waals surface area (Å²) in [5, 5.41) is 0. The number of hydrogen-bond acceptors (Lipinski definition) is 1. The summed E-state index contributed by atoms with van der Waals surface area (Å²) >= 11 is 0. The summed E-state index contributed by atoms with van der Waals surface area (Å²) in [5.41, 5.74) is 2.63. The average Bonchev–Trinajstić information content (AvgIpc) is 2.30. The van der Waals surface area contributed by atoms with Gasteiger partial charge in [-0.05, 0) is 24.0 Å². The maximum absolute atomic E-state index is 11.6. The molecule has 1 aliphatic carbocycles. The van der Waals surface area contributed by atoms with Gasteiger partial charge in [0.1, 0.15) is 5.78 Å². The van der Waals surface area contributed by atoms with Crippen LogP contribution in [0.5, 0.6) is 0 Å². The van der Waals surface area contributed by atoms with E-state index in [2.05, 4.69) is 39.0 Å². The molecule has 0 aliphatic heterocycles. The zero-order chi connectivity index (χ0) is 12.0. The third-order valence-corrected chi connectivity index (χ3v) is 2.87. The summed E-state index contributed by atoms with van der Waals surface area (Å²) in [6, 6.07) is 8.33. The zero-order valence-electron chi connectivity index (χ0n) is 10.6. The Morgan fingerprint density at radius 1 is 1.12 bits per heavy atom. The molecular weight excluding hydrogens is 208 g/mol. The van der Waals surface area contributed by atoms with Gasteiger partial charge in [0, 0.05) is 12.3 Å². The Labute approximate surface area is 106 Å². The summed E-state index contributed by atoms with van der Waals surface area (Å²) < 4.78 is 0. The van der Waals surface area contributed by atoms with Gasteiger partial charge >= 0.3 is 0 Å². The zero-order valence-corrected chi connectivity index (χ0v) is 10.6. The van der Waals surface area contributed by atoms with Crippen LogP contribution in [0.25, 0.3) is 0 Å². The molecular formula is C16H26O. The van der Waals surface area contributed by atoms with E-state index in [9.17, 15) is 4.79 Å². The van der Waals surface area contributed by atoms with Crippen molar-refractivity contribution < 1.29 is 4.79 Å². The molecule has 1 atom stereocenters. The van der Waals surface area contributed by atoms with E-state index < -0.39 is 0 Å². The number of Topliss-reactive ketones (excluding diaryl/α,β-unsaturated/α-hetero) is 1. The Morgan fingerprint density at radius 2 is 1.71 bits per heavy atom. The van der Waals surface area contributed by atoms with Gasteiger partial charge in [-0.2, -0.15) is 0 Å². The molecule has 1 nitrogen and oxygen atoms in total. The van der Waals surface area contributed by atoms with Gasteiger partial charge in [0.15, 0.2) is 0 Å². The van der Waals surface area contributed by atoms with E-state index in [1.165, 1.54) is 17.5 Å². The number of benzene rings is 1. The Morgan fingerprint density at radius 3 is 2.29 bits per heavy atom. The highest BCUT2D eigenvalue weighted by atomic mass is 16.1. The topological polar surface area (TPSA) is 17.1 Å². The second-order valence-corrected chi connectivity index (χ2v) is 4.33. The molecule has 0 saturated carbocycles. The lowest BCUT2D eigenvalue weighted by molar-refractivity contribution is -0.121. The molecule has 0 aromatic heterocycles. The first-order valence-corrected chi connectivity index (χ1v) is 6.35. The molecule has 0 radical (unpaired) electrons. The monoisotopic (exact) mass is 234 g/mol. The minimum Gasteiger partial charge on any atom is -0.299 e. The van der Waals surface area contributed by atoms with Crippen LogP contribution in [-0.2, 0) is 11.2 Å². The van der Waals surface area contributed by atoms with Crippen LogP contribution < -0.4 is 0 Å². The molecule has 96 valence electrons. The van der Waals surface area contributed by atoms with Crippen LogP contribution in [-0.4, -0.2) is 5.78 Å². The van der Waals surface area contributed by atoms with E-state index in [-0.39, 0.29) is 13.3 Å². The molecule has 0 amide bonds. The van der Waals surface area contributed by atoms with Crippen molar-refractivity contribution in [2.24, 2.45) is 0 Å². The Hall–Kier alpha value is -1.11. The number of aryl methyl sites for hydroxylation is 1.